The molecule has 13 heteroatoms. The molecule has 1 atom stereocenters. The van der Waals surface area contributed by atoms with Crippen molar-refractivity contribution in [3.05, 3.63) is 47.7 Å². The monoisotopic (exact) mass is 770 g/mol. The number of nitrogens with two attached hydrogens (primary N) is 1. The summed E-state index contributed by atoms with van der Waals surface area (Å²) in [5.41, 5.74) is 10.4. The number of esters is 1. The van der Waals surface area contributed by atoms with Gasteiger partial charge in [0.15, 0.2) is 17.4 Å². The number of hydrogen-bond acceptors (Lipinski definition) is 13. The zero-order chi connectivity index (χ0) is 38.8. The topological polar surface area (TPSA) is 136 Å². The molecule has 56 heavy (non-hydrogen) atoms. The van der Waals surface area contributed by atoms with Crippen LogP contribution >= 0.6 is 0 Å². The number of ether oxygens (including phenoxy) is 3. The van der Waals surface area contributed by atoms with Crippen molar-refractivity contribution >= 4 is 23.3 Å². The van der Waals surface area contributed by atoms with Gasteiger partial charge in [-0.15, -0.1) is 10.2 Å². The highest BCUT2D eigenvalue weighted by Crippen LogP contribution is 2.39. The summed E-state index contributed by atoms with van der Waals surface area (Å²) in [4.78, 5) is 22.4. The van der Waals surface area contributed by atoms with Gasteiger partial charge in [0.05, 0.1) is 42.9 Å². The van der Waals surface area contributed by atoms with E-state index in [1.807, 2.05) is 26.0 Å². The van der Waals surface area contributed by atoms with Gasteiger partial charge in [0.1, 0.15) is 5.92 Å². The lowest BCUT2D eigenvalue weighted by Gasteiger charge is -2.51. The van der Waals surface area contributed by atoms with E-state index >= 15 is 0 Å². The second-order valence-electron chi connectivity index (χ2n) is 17.5. The van der Waals surface area contributed by atoms with Gasteiger partial charge in [0, 0.05) is 76.6 Å². The van der Waals surface area contributed by atoms with E-state index in [1.54, 1.807) is 0 Å². The average Bonchev–Trinajstić information content (AvgIpc) is 3.67. The summed E-state index contributed by atoms with van der Waals surface area (Å²) < 4.78 is 23.8. The first-order valence-electron chi connectivity index (χ1n) is 21.2. The van der Waals surface area contributed by atoms with Gasteiger partial charge in [0.2, 0.25) is 0 Å². The number of anilines is 3. The van der Waals surface area contributed by atoms with Crippen LogP contribution in [0.5, 0.6) is 0 Å². The third-order valence-corrected chi connectivity index (χ3v) is 13.4. The Hall–Kier alpha value is -3.78. The van der Waals surface area contributed by atoms with Crippen LogP contribution in [0.25, 0.3) is 11.3 Å². The zero-order valence-corrected chi connectivity index (χ0v) is 33.9. The SMILES string of the molecule is COC(=O)C(c1cc(N2CCC(OC3CCN(C4CC(CN5CCOC6(CCN(c7cc(-c8ccccc8C)nnc7N)CC6)C5)C4)CC3)CC2)no1)C(C)C. The molecule has 2 aromatic heterocycles. The number of carbonyl (C=O) groups excluding carboxylic acids is 1. The highest BCUT2D eigenvalue weighted by Gasteiger charge is 2.43. The molecular weight excluding hydrogens is 709 g/mol. The predicted octanol–water partition coefficient (Wildman–Crippen LogP) is 5.53. The lowest BCUT2D eigenvalue weighted by Crippen LogP contribution is -2.59. The molecule has 8 rings (SSSR count). The average molecular weight is 771 g/mol. The second kappa shape index (κ2) is 17.0. The van der Waals surface area contributed by atoms with Gasteiger partial charge in [-0.25, -0.2) is 0 Å². The summed E-state index contributed by atoms with van der Waals surface area (Å²) in [5.74, 6) is 1.98. The third kappa shape index (κ3) is 8.56. The van der Waals surface area contributed by atoms with Crippen LogP contribution < -0.4 is 15.5 Å². The molecule has 4 aliphatic heterocycles. The van der Waals surface area contributed by atoms with E-state index in [1.165, 1.54) is 32.1 Å². The molecule has 5 aliphatic rings. The Morgan fingerprint density at radius 3 is 2.36 bits per heavy atom. The maximum absolute atomic E-state index is 12.3. The largest absolute Gasteiger partial charge is 0.468 e. The highest BCUT2D eigenvalue weighted by atomic mass is 16.5. The lowest BCUT2D eigenvalue weighted by molar-refractivity contribution is -0.144. The fraction of sp³-hybridized carbons (Fsp3) is 0.674. The van der Waals surface area contributed by atoms with Crippen molar-refractivity contribution in [2.45, 2.75) is 102 Å². The van der Waals surface area contributed by atoms with E-state index in [2.05, 4.69) is 66.1 Å². The number of piperidine rings is 3. The Kier molecular flexibility index (Phi) is 11.8. The first-order valence-corrected chi connectivity index (χ1v) is 21.2. The maximum Gasteiger partial charge on any atom is 0.316 e. The molecule has 1 spiro atoms. The van der Waals surface area contributed by atoms with Gasteiger partial charge in [-0.1, -0.05) is 43.3 Å². The van der Waals surface area contributed by atoms with E-state index in [9.17, 15) is 4.79 Å². The van der Waals surface area contributed by atoms with Crippen LogP contribution in [0.2, 0.25) is 0 Å². The molecule has 5 fully saturated rings. The van der Waals surface area contributed by atoms with Crippen LogP contribution in [-0.4, -0.2) is 128 Å². The second-order valence-corrected chi connectivity index (χ2v) is 17.5. The van der Waals surface area contributed by atoms with Crippen molar-refractivity contribution in [1.82, 2.24) is 25.2 Å². The van der Waals surface area contributed by atoms with Crippen molar-refractivity contribution < 1.29 is 23.5 Å². The van der Waals surface area contributed by atoms with Gasteiger partial charge in [-0.3, -0.25) is 9.69 Å². The van der Waals surface area contributed by atoms with Crippen molar-refractivity contribution in [1.29, 1.82) is 0 Å². The number of aromatic nitrogens is 3. The molecule has 0 bridgehead atoms. The molecule has 2 N–H and O–H groups in total. The minimum Gasteiger partial charge on any atom is -0.468 e. The fourth-order valence-corrected chi connectivity index (χ4v) is 9.98. The number of aryl methyl sites for hydroxylation is 1. The molecule has 1 aromatic carbocycles. The van der Waals surface area contributed by atoms with Gasteiger partial charge in [-0.05, 0) is 81.8 Å². The molecular formula is C43H62N8O5. The van der Waals surface area contributed by atoms with Crippen molar-refractivity contribution in [2.75, 3.05) is 88.2 Å². The number of nitrogens with zero attached hydrogens (tertiary/aromatic N) is 7. The Balaban J connectivity index is 0.737. The quantitative estimate of drug-likeness (QED) is 0.245. The number of methoxy groups -OCH3 is 1. The van der Waals surface area contributed by atoms with Crippen molar-refractivity contribution in [2.24, 2.45) is 11.8 Å². The van der Waals surface area contributed by atoms with E-state index in [0.717, 1.165) is 126 Å². The summed E-state index contributed by atoms with van der Waals surface area (Å²) in [5, 5.41) is 13.1. The lowest BCUT2D eigenvalue weighted by atomic mass is 9.77. The number of likely N-dealkylation sites (tertiary alicyclic amines) is 1. The summed E-state index contributed by atoms with van der Waals surface area (Å²) in [6.07, 6.45) is 9.43. The number of rotatable bonds is 11. The summed E-state index contributed by atoms with van der Waals surface area (Å²) in [6.45, 7) is 16.0. The van der Waals surface area contributed by atoms with Crippen LogP contribution in [0, 0.1) is 18.8 Å². The summed E-state index contributed by atoms with van der Waals surface area (Å²) >= 11 is 0. The smallest absolute Gasteiger partial charge is 0.316 e. The number of benzene rings is 1. The number of carbonyl (C=O) groups is 1. The van der Waals surface area contributed by atoms with Crippen LogP contribution in [0.3, 0.4) is 0 Å². The number of morpholine rings is 1. The number of nitrogen functional groups attached to an aromatic ring is 1. The van der Waals surface area contributed by atoms with E-state index in [0.29, 0.717) is 23.7 Å². The molecule has 4 saturated heterocycles. The first kappa shape index (κ1) is 39.1. The molecule has 3 aromatic rings. The Morgan fingerprint density at radius 2 is 1.66 bits per heavy atom. The van der Waals surface area contributed by atoms with Gasteiger partial charge in [0.25, 0.3) is 0 Å². The maximum atomic E-state index is 12.3. The molecule has 0 radical (unpaired) electrons. The highest BCUT2D eigenvalue weighted by molar-refractivity contribution is 5.77. The Labute approximate surface area is 332 Å². The summed E-state index contributed by atoms with van der Waals surface area (Å²) in [6, 6.07) is 13.0. The Bertz CT molecular complexity index is 1770. The van der Waals surface area contributed by atoms with Crippen LogP contribution in [0.15, 0.2) is 40.9 Å². The molecule has 6 heterocycles. The molecule has 1 saturated carbocycles. The molecule has 1 unspecified atom stereocenters. The normalized spacial score (nSPS) is 24.7. The van der Waals surface area contributed by atoms with Crippen LogP contribution in [-0.2, 0) is 19.0 Å². The van der Waals surface area contributed by atoms with E-state index < -0.39 is 5.92 Å². The van der Waals surface area contributed by atoms with Crippen LogP contribution in [0.4, 0.5) is 17.3 Å². The van der Waals surface area contributed by atoms with Gasteiger partial charge in [-0.2, -0.15) is 0 Å². The van der Waals surface area contributed by atoms with Gasteiger partial charge < -0.3 is 39.2 Å². The predicted molar refractivity (Wildman–Crippen MR) is 217 cm³/mol. The van der Waals surface area contributed by atoms with Crippen molar-refractivity contribution in [3.8, 4) is 11.3 Å². The molecule has 0 amide bonds. The zero-order valence-electron chi connectivity index (χ0n) is 33.9. The fourth-order valence-electron chi connectivity index (χ4n) is 9.98. The van der Waals surface area contributed by atoms with E-state index in [4.69, 9.17) is 24.5 Å². The Morgan fingerprint density at radius 1 is 0.946 bits per heavy atom. The van der Waals surface area contributed by atoms with Crippen molar-refractivity contribution in [3.63, 3.8) is 0 Å². The van der Waals surface area contributed by atoms with Crippen LogP contribution in [0.1, 0.15) is 82.5 Å². The summed E-state index contributed by atoms with van der Waals surface area (Å²) in [7, 11) is 1.42. The molecule has 13 nitrogen and oxygen atoms in total. The minimum atomic E-state index is -0.441. The molecule has 304 valence electrons. The number of hydrogen-bond donors (Lipinski definition) is 1. The standard InChI is InChI=1S/C43H62N8O5/c1-29(2)40(42(52)53-4)38-26-39(47-56-38)51-17-11-34(12-18-51)55-33-9-15-49(16-10-33)32-23-31(24-32)27-48-21-22-54-43(28-48)13-19-50(20-14-43)37-25-36(45-46-41(37)44)35-8-6-5-7-30(35)3/h5-8,25-26,29,31-34,40H,9-24,27-28H2,1-4H3,(H2,44,46). The van der Waals surface area contributed by atoms with E-state index in [-0.39, 0.29) is 23.6 Å². The molecule has 1 aliphatic carbocycles. The third-order valence-electron chi connectivity index (χ3n) is 13.4. The first-order chi connectivity index (χ1) is 27.2. The minimum absolute atomic E-state index is 0.0660. The van der Waals surface area contributed by atoms with Gasteiger partial charge >= 0.3 is 5.97 Å².